The van der Waals surface area contributed by atoms with Crippen molar-refractivity contribution in [3.05, 3.63) is 23.2 Å². The van der Waals surface area contributed by atoms with E-state index in [9.17, 15) is 14.7 Å². The number of carboxylic acid groups (broad SMARTS) is 1. The predicted octanol–water partition coefficient (Wildman–Crippen LogP) is 2.17. The second-order valence-electron chi connectivity index (χ2n) is 5.16. The number of nitrogens with one attached hydrogen (secondary N) is 1. The highest BCUT2D eigenvalue weighted by Gasteiger charge is 2.33. The number of thioether (sulfide) groups is 1. The van der Waals surface area contributed by atoms with E-state index in [1.165, 1.54) is 4.90 Å². The van der Waals surface area contributed by atoms with Gasteiger partial charge in [0.05, 0.1) is 6.04 Å². The van der Waals surface area contributed by atoms with Crippen molar-refractivity contribution >= 4 is 23.8 Å². The van der Waals surface area contributed by atoms with E-state index in [0.29, 0.717) is 12.3 Å². The van der Waals surface area contributed by atoms with Gasteiger partial charge in [-0.2, -0.15) is 11.8 Å². The highest BCUT2D eigenvalue weighted by molar-refractivity contribution is 7.99. The topological polar surface area (TPSA) is 82.8 Å². The van der Waals surface area contributed by atoms with E-state index in [0.717, 1.165) is 22.8 Å². The maximum absolute atomic E-state index is 12.3. The fraction of sp³-hybridized carbons (Fsp3) is 0.571. The van der Waals surface area contributed by atoms with Crippen LogP contribution in [0.1, 0.15) is 30.0 Å². The van der Waals surface area contributed by atoms with Gasteiger partial charge in [0.2, 0.25) is 0 Å². The van der Waals surface area contributed by atoms with Crippen LogP contribution in [0.25, 0.3) is 0 Å². The Morgan fingerprint density at radius 2 is 2.24 bits per heavy atom. The molecular weight excluding hydrogens is 292 g/mol. The monoisotopic (exact) mass is 312 g/mol. The van der Waals surface area contributed by atoms with Crippen molar-refractivity contribution in [1.29, 1.82) is 0 Å². The molecule has 6 nitrogen and oxygen atoms in total. The van der Waals surface area contributed by atoms with E-state index in [1.54, 1.807) is 11.8 Å². The lowest BCUT2D eigenvalue weighted by atomic mass is 10.1. The summed E-state index contributed by atoms with van der Waals surface area (Å²) in [5.74, 6) is 1.79. The van der Waals surface area contributed by atoms with Gasteiger partial charge in [-0.05, 0) is 26.8 Å². The van der Waals surface area contributed by atoms with Crippen LogP contribution in [0.15, 0.2) is 10.5 Å². The summed E-state index contributed by atoms with van der Waals surface area (Å²) in [7, 11) is 0. The molecule has 116 valence electrons. The van der Waals surface area contributed by atoms with Crippen molar-refractivity contribution < 1.29 is 19.1 Å². The Balaban J connectivity index is 2.06. The maximum atomic E-state index is 12.3. The van der Waals surface area contributed by atoms with Gasteiger partial charge in [0.1, 0.15) is 17.6 Å². The lowest BCUT2D eigenvalue weighted by Gasteiger charge is -2.33. The molecule has 0 radical (unpaired) electrons. The number of aliphatic carboxylic acids is 1. The Labute approximate surface area is 127 Å². The summed E-state index contributed by atoms with van der Waals surface area (Å²) in [6, 6.07) is 0.566. The van der Waals surface area contributed by atoms with E-state index in [4.69, 9.17) is 4.42 Å². The third kappa shape index (κ3) is 3.53. The Kier molecular flexibility index (Phi) is 4.82. The second kappa shape index (κ2) is 6.43. The molecule has 2 unspecified atom stereocenters. The number of aryl methyl sites for hydroxylation is 2. The molecule has 1 aliphatic rings. The summed E-state index contributed by atoms with van der Waals surface area (Å²) in [4.78, 5) is 25.0. The summed E-state index contributed by atoms with van der Waals surface area (Å²) in [6.45, 7) is 6.02. The highest BCUT2D eigenvalue weighted by Crippen LogP contribution is 2.22. The first kappa shape index (κ1) is 15.8. The van der Waals surface area contributed by atoms with Crippen LogP contribution < -0.4 is 5.32 Å². The first-order chi connectivity index (χ1) is 9.90. The summed E-state index contributed by atoms with van der Waals surface area (Å²) >= 11 is 1.56. The van der Waals surface area contributed by atoms with E-state index >= 15 is 0 Å². The van der Waals surface area contributed by atoms with E-state index in [2.05, 4.69) is 5.32 Å². The first-order valence-electron chi connectivity index (χ1n) is 6.84. The first-order valence-corrected chi connectivity index (χ1v) is 8.00. The fourth-order valence-corrected chi connectivity index (χ4v) is 3.52. The summed E-state index contributed by atoms with van der Waals surface area (Å²) < 4.78 is 5.46. The van der Waals surface area contributed by atoms with E-state index in [1.807, 2.05) is 26.8 Å². The Bertz CT molecular complexity index is 543. The minimum atomic E-state index is -0.958. The highest BCUT2D eigenvalue weighted by atomic mass is 32.2. The molecule has 1 aromatic heterocycles. The van der Waals surface area contributed by atoms with E-state index in [-0.39, 0.29) is 12.1 Å². The molecule has 2 amide bonds. The zero-order chi connectivity index (χ0) is 15.6. The largest absolute Gasteiger partial charge is 0.480 e. The van der Waals surface area contributed by atoms with Crippen LogP contribution in [-0.4, -0.2) is 46.1 Å². The molecule has 0 aromatic carbocycles. The fourth-order valence-electron chi connectivity index (χ4n) is 2.48. The molecule has 1 fully saturated rings. The van der Waals surface area contributed by atoms with Crippen molar-refractivity contribution in [3.63, 3.8) is 0 Å². The van der Waals surface area contributed by atoms with Crippen LogP contribution in [0, 0.1) is 13.8 Å². The standard InChI is InChI=1S/C14H20N2O4S/c1-8-6-11(10(3)20-8)9(2)15-14(19)16-4-5-21-7-12(16)13(17)18/h6,9,12H,4-5,7H2,1-3H3,(H,15,19)(H,17,18). The van der Waals surface area contributed by atoms with Crippen LogP contribution in [0.5, 0.6) is 0 Å². The molecule has 0 aliphatic carbocycles. The van der Waals surface area contributed by atoms with Crippen LogP contribution >= 0.6 is 11.8 Å². The van der Waals surface area contributed by atoms with E-state index < -0.39 is 12.0 Å². The van der Waals surface area contributed by atoms with Gasteiger partial charge >= 0.3 is 12.0 Å². The summed E-state index contributed by atoms with van der Waals surface area (Å²) in [6.07, 6.45) is 0. The lowest BCUT2D eigenvalue weighted by Crippen LogP contribution is -2.54. The Hall–Kier alpha value is -1.63. The molecule has 2 atom stereocenters. The molecular formula is C14H20N2O4S. The molecule has 0 bridgehead atoms. The number of hydrogen-bond acceptors (Lipinski definition) is 4. The number of furan rings is 1. The molecule has 1 saturated heterocycles. The quantitative estimate of drug-likeness (QED) is 0.894. The normalized spacial score (nSPS) is 20.1. The number of carbonyl (C=O) groups is 2. The van der Waals surface area contributed by atoms with Crippen molar-refractivity contribution in [1.82, 2.24) is 10.2 Å². The number of carboxylic acids is 1. The number of amides is 2. The van der Waals surface area contributed by atoms with Gasteiger partial charge in [0.15, 0.2) is 0 Å². The molecule has 1 aliphatic heterocycles. The molecule has 0 saturated carbocycles. The third-order valence-corrected chi connectivity index (χ3v) is 4.58. The molecule has 2 rings (SSSR count). The van der Waals surface area contributed by atoms with Crippen LogP contribution in [0.4, 0.5) is 4.79 Å². The minimum Gasteiger partial charge on any atom is -0.480 e. The number of urea groups is 1. The maximum Gasteiger partial charge on any atom is 0.327 e. The Morgan fingerprint density at radius 1 is 1.52 bits per heavy atom. The molecule has 2 N–H and O–H groups in total. The predicted molar refractivity (Wildman–Crippen MR) is 80.6 cm³/mol. The van der Waals surface area contributed by atoms with Crippen LogP contribution in [0.2, 0.25) is 0 Å². The summed E-state index contributed by atoms with van der Waals surface area (Å²) in [5, 5.41) is 12.1. The second-order valence-corrected chi connectivity index (χ2v) is 6.31. The van der Waals surface area contributed by atoms with Gasteiger partial charge in [0.25, 0.3) is 0 Å². The lowest BCUT2D eigenvalue weighted by molar-refractivity contribution is -0.141. The number of nitrogens with zero attached hydrogens (tertiary/aromatic N) is 1. The molecule has 1 aromatic rings. The van der Waals surface area contributed by atoms with Gasteiger partial charge in [-0.3, -0.25) is 0 Å². The van der Waals surface area contributed by atoms with Crippen molar-refractivity contribution in [2.75, 3.05) is 18.1 Å². The van der Waals surface area contributed by atoms with Crippen LogP contribution in [-0.2, 0) is 4.79 Å². The molecule has 7 heteroatoms. The van der Waals surface area contributed by atoms with Gasteiger partial charge in [-0.25, -0.2) is 9.59 Å². The molecule has 21 heavy (non-hydrogen) atoms. The van der Waals surface area contributed by atoms with Gasteiger partial charge in [-0.15, -0.1) is 0 Å². The summed E-state index contributed by atoms with van der Waals surface area (Å²) in [5.41, 5.74) is 0.916. The van der Waals surface area contributed by atoms with Crippen LogP contribution in [0.3, 0.4) is 0 Å². The number of hydrogen-bond donors (Lipinski definition) is 2. The van der Waals surface area contributed by atoms with Crippen molar-refractivity contribution in [2.24, 2.45) is 0 Å². The SMILES string of the molecule is Cc1cc(C(C)NC(=O)N2CCSCC2C(=O)O)c(C)o1. The van der Waals surface area contributed by atoms with Gasteiger partial charge in [-0.1, -0.05) is 0 Å². The smallest absolute Gasteiger partial charge is 0.327 e. The number of rotatable bonds is 3. The van der Waals surface area contributed by atoms with Gasteiger partial charge < -0.3 is 19.7 Å². The molecule has 2 heterocycles. The Morgan fingerprint density at radius 3 is 2.81 bits per heavy atom. The average Bonchev–Trinajstić information content (AvgIpc) is 2.77. The number of carbonyl (C=O) groups excluding carboxylic acids is 1. The third-order valence-electron chi connectivity index (χ3n) is 3.56. The molecule has 0 spiro atoms. The van der Waals surface area contributed by atoms with Crippen molar-refractivity contribution in [3.8, 4) is 0 Å². The average molecular weight is 312 g/mol. The zero-order valence-corrected chi connectivity index (χ0v) is 13.2. The zero-order valence-electron chi connectivity index (χ0n) is 12.4. The van der Waals surface area contributed by atoms with Crippen molar-refractivity contribution in [2.45, 2.75) is 32.9 Å². The van der Waals surface area contributed by atoms with Gasteiger partial charge in [0, 0.05) is 23.6 Å². The minimum absolute atomic E-state index is 0.223.